The fourth-order valence-electron chi connectivity index (χ4n) is 2.51. The summed E-state index contributed by atoms with van der Waals surface area (Å²) < 4.78 is 34.3. The number of hydrogen-bond acceptors (Lipinski definition) is 4. The number of amides is 1. The van der Waals surface area contributed by atoms with Crippen molar-refractivity contribution in [3.8, 4) is 11.5 Å². The molecule has 0 aliphatic heterocycles. The Morgan fingerprint density at radius 2 is 1.89 bits per heavy atom. The van der Waals surface area contributed by atoms with Gasteiger partial charge in [0.1, 0.15) is 0 Å². The number of ether oxygens (including phenoxy) is 2. The Bertz CT molecular complexity index is 745. The molecule has 0 saturated heterocycles. The second-order valence-corrected chi connectivity index (χ2v) is 5.66. The minimum absolute atomic E-state index is 0. The van der Waals surface area contributed by atoms with Crippen LogP contribution in [0.25, 0.3) is 0 Å². The van der Waals surface area contributed by atoms with E-state index in [1.807, 2.05) is 18.2 Å². The summed E-state index contributed by atoms with van der Waals surface area (Å²) in [4.78, 5) is 11.9. The van der Waals surface area contributed by atoms with E-state index in [0.29, 0.717) is 31.5 Å². The molecule has 0 saturated carbocycles. The smallest absolute Gasteiger partial charge is 0.387 e. The first kappa shape index (κ1) is 22.5. The van der Waals surface area contributed by atoms with E-state index in [1.165, 1.54) is 13.2 Å². The van der Waals surface area contributed by atoms with Crippen LogP contribution in [0, 0.1) is 0 Å². The van der Waals surface area contributed by atoms with E-state index in [1.54, 1.807) is 18.2 Å². The molecule has 0 aliphatic rings. The molecule has 3 N–H and O–H groups in total. The first-order valence-corrected chi connectivity index (χ1v) is 8.21. The quantitative estimate of drug-likeness (QED) is 0.631. The highest BCUT2D eigenvalue weighted by atomic mass is 35.5. The van der Waals surface area contributed by atoms with Gasteiger partial charge in [0.2, 0.25) is 5.91 Å². The van der Waals surface area contributed by atoms with Gasteiger partial charge < -0.3 is 20.5 Å². The lowest BCUT2D eigenvalue weighted by Crippen LogP contribution is -2.26. The molecule has 0 unspecified atom stereocenters. The highest BCUT2D eigenvalue weighted by Gasteiger charge is 2.11. The summed E-state index contributed by atoms with van der Waals surface area (Å²) >= 11 is 0. The molecule has 148 valence electrons. The number of benzene rings is 2. The van der Waals surface area contributed by atoms with Crippen molar-refractivity contribution in [3.05, 3.63) is 53.6 Å². The van der Waals surface area contributed by atoms with Crippen molar-refractivity contribution in [2.45, 2.75) is 25.9 Å². The van der Waals surface area contributed by atoms with Crippen molar-refractivity contribution in [1.82, 2.24) is 5.32 Å². The van der Waals surface area contributed by atoms with Gasteiger partial charge >= 0.3 is 6.61 Å². The van der Waals surface area contributed by atoms with Crippen LogP contribution in [0.4, 0.5) is 14.5 Å². The lowest BCUT2D eigenvalue weighted by atomic mass is 10.1. The largest absolute Gasteiger partial charge is 0.493 e. The molecule has 2 aromatic carbocycles. The van der Waals surface area contributed by atoms with Gasteiger partial charge in [0.25, 0.3) is 0 Å². The van der Waals surface area contributed by atoms with Gasteiger partial charge in [0, 0.05) is 18.7 Å². The van der Waals surface area contributed by atoms with Gasteiger partial charge in [0.05, 0.1) is 7.11 Å². The zero-order valence-electron chi connectivity index (χ0n) is 14.9. The predicted molar refractivity (Wildman–Crippen MR) is 103 cm³/mol. The number of nitrogens with two attached hydrogens (primary N) is 1. The number of carbonyl (C=O) groups is 1. The van der Waals surface area contributed by atoms with Gasteiger partial charge in [-0.2, -0.15) is 8.78 Å². The normalized spacial score (nSPS) is 10.2. The van der Waals surface area contributed by atoms with Crippen LogP contribution >= 0.6 is 12.4 Å². The van der Waals surface area contributed by atoms with Crippen LogP contribution in [-0.4, -0.2) is 26.2 Å². The Hall–Kier alpha value is -2.54. The third-order valence-corrected chi connectivity index (χ3v) is 3.86. The molecule has 0 heterocycles. The van der Waals surface area contributed by atoms with Gasteiger partial charge in [-0.05, 0) is 42.2 Å². The molecule has 0 aliphatic carbocycles. The summed E-state index contributed by atoms with van der Waals surface area (Å²) in [6.45, 7) is -2.53. The molecule has 5 nitrogen and oxygen atoms in total. The van der Waals surface area contributed by atoms with Gasteiger partial charge in [-0.15, -0.1) is 12.4 Å². The lowest BCUT2D eigenvalue weighted by Gasteiger charge is -2.12. The topological polar surface area (TPSA) is 73.6 Å². The van der Waals surface area contributed by atoms with Crippen molar-refractivity contribution in [1.29, 1.82) is 0 Å². The van der Waals surface area contributed by atoms with Crippen molar-refractivity contribution in [3.63, 3.8) is 0 Å². The maximum Gasteiger partial charge on any atom is 0.387 e. The second kappa shape index (κ2) is 11.2. The average molecular weight is 401 g/mol. The van der Waals surface area contributed by atoms with E-state index >= 15 is 0 Å². The second-order valence-electron chi connectivity index (χ2n) is 5.66. The number of halogens is 3. The predicted octanol–water partition coefficient (Wildman–Crippen LogP) is 3.59. The standard InChI is InChI=1S/C19H22F2N2O3.ClH/c1-25-16-8-6-13(12-17(16)26-19(20)21)10-11-23-18(24)9-7-14-4-2-3-5-15(14)22;/h2-6,8,12,19H,7,9-11,22H2,1H3,(H,23,24);1H. The van der Waals surface area contributed by atoms with E-state index in [0.717, 1.165) is 11.1 Å². The number of nitrogen functional groups attached to an aromatic ring is 1. The van der Waals surface area contributed by atoms with Crippen LogP contribution < -0.4 is 20.5 Å². The molecule has 0 radical (unpaired) electrons. The van der Waals surface area contributed by atoms with Crippen LogP contribution in [0.15, 0.2) is 42.5 Å². The van der Waals surface area contributed by atoms with Crippen LogP contribution in [0.1, 0.15) is 17.5 Å². The van der Waals surface area contributed by atoms with Crippen LogP contribution in [-0.2, 0) is 17.6 Å². The Morgan fingerprint density at radius 1 is 1.15 bits per heavy atom. The van der Waals surface area contributed by atoms with E-state index < -0.39 is 6.61 Å². The zero-order chi connectivity index (χ0) is 18.9. The summed E-state index contributed by atoms with van der Waals surface area (Å²) in [5.41, 5.74) is 8.21. The molecule has 0 bridgehead atoms. The Labute approximate surface area is 163 Å². The molecule has 0 atom stereocenters. The van der Waals surface area contributed by atoms with E-state index in [2.05, 4.69) is 10.1 Å². The van der Waals surface area contributed by atoms with Gasteiger partial charge in [0.15, 0.2) is 11.5 Å². The van der Waals surface area contributed by atoms with E-state index in [4.69, 9.17) is 10.5 Å². The summed E-state index contributed by atoms with van der Waals surface area (Å²) in [5, 5.41) is 2.81. The lowest BCUT2D eigenvalue weighted by molar-refractivity contribution is -0.121. The molecule has 2 aromatic rings. The molecule has 1 amide bonds. The summed E-state index contributed by atoms with van der Waals surface area (Å²) in [6.07, 6.45) is 1.38. The fourth-order valence-corrected chi connectivity index (χ4v) is 2.51. The zero-order valence-corrected chi connectivity index (χ0v) is 15.7. The number of aryl methyl sites for hydroxylation is 1. The molecule has 27 heavy (non-hydrogen) atoms. The minimum Gasteiger partial charge on any atom is -0.493 e. The van der Waals surface area contributed by atoms with Gasteiger partial charge in [-0.3, -0.25) is 4.79 Å². The van der Waals surface area contributed by atoms with Gasteiger partial charge in [-0.1, -0.05) is 24.3 Å². The molecular formula is C19H23ClF2N2O3. The molecule has 0 fully saturated rings. The van der Waals surface area contributed by atoms with Gasteiger partial charge in [-0.25, -0.2) is 0 Å². The third kappa shape index (κ3) is 7.30. The highest BCUT2D eigenvalue weighted by molar-refractivity contribution is 5.85. The molecule has 0 spiro atoms. The average Bonchev–Trinajstić information content (AvgIpc) is 2.61. The number of methoxy groups -OCH3 is 1. The van der Waals surface area contributed by atoms with E-state index in [-0.39, 0.29) is 29.8 Å². The Kier molecular flexibility index (Phi) is 9.36. The molecule has 2 rings (SSSR count). The minimum atomic E-state index is -2.93. The number of alkyl halides is 2. The molecular weight excluding hydrogens is 378 g/mol. The van der Waals surface area contributed by atoms with Crippen molar-refractivity contribution >= 4 is 24.0 Å². The molecule has 8 heteroatoms. The van der Waals surface area contributed by atoms with Crippen molar-refractivity contribution in [2.24, 2.45) is 0 Å². The SMILES string of the molecule is COc1ccc(CCNC(=O)CCc2ccccc2N)cc1OC(F)F.Cl. The van der Waals surface area contributed by atoms with Crippen LogP contribution in [0.5, 0.6) is 11.5 Å². The first-order valence-electron chi connectivity index (χ1n) is 8.21. The fraction of sp³-hybridized carbons (Fsp3) is 0.316. The monoisotopic (exact) mass is 400 g/mol. The number of carbonyl (C=O) groups excluding carboxylic acids is 1. The van der Waals surface area contributed by atoms with Crippen molar-refractivity contribution in [2.75, 3.05) is 19.4 Å². The molecule has 0 aromatic heterocycles. The summed E-state index contributed by atoms with van der Waals surface area (Å²) in [6, 6.07) is 12.2. The van der Waals surface area contributed by atoms with Crippen LogP contribution in [0.2, 0.25) is 0 Å². The summed E-state index contributed by atoms with van der Waals surface area (Å²) in [5.74, 6) is 0.121. The Balaban J connectivity index is 0.00000364. The van der Waals surface area contributed by atoms with Crippen LogP contribution in [0.3, 0.4) is 0 Å². The Morgan fingerprint density at radius 3 is 2.56 bits per heavy atom. The maximum absolute atomic E-state index is 12.4. The van der Waals surface area contributed by atoms with Crippen molar-refractivity contribution < 1.29 is 23.0 Å². The number of hydrogen-bond donors (Lipinski definition) is 2. The number of para-hydroxylation sites is 1. The third-order valence-electron chi connectivity index (χ3n) is 3.86. The first-order chi connectivity index (χ1) is 12.5. The summed E-state index contributed by atoms with van der Waals surface area (Å²) in [7, 11) is 1.38. The maximum atomic E-state index is 12.4. The number of rotatable bonds is 9. The number of anilines is 1. The number of nitrogens with one attached hydrogen (secondary N) is 1. The highest BCUT2D eigenvalue weighted by Crippen LogP contribution is 2.29. The van der Waals surface area contributed by atoms with E-state index in [9.17, 15) is 13.6 Å².